The van der Waals surface area contributed by atoms with Crippen molar-refractivity contribution < 1.29 is 0 Å². The fraction of sp³-hybridized carbons (Fsp3) is 0. The number of benzene rings is 9. The van der Waals surface area contributed by atoms with Crippen LogP contribution in [0.3, 0.4) is 0 Å². The molecular formula is C54H38N2. The average Bonchev–Trinajstić information content (AvgIpc) is 3.61. The van der Waals surface area contributed by atoms with E-state index in [1.54, 1.807) is 0 Å². The minimum atomic E-state index is 1.06. The predicted molar refractivity (Wildman–Crippen MR) is 238 cm³/mol. The first-order valence-corrected chi connectivity index (χ1v) is 19.2. The Kier molecular flexibility index (Phi) is 8.55. The third-order valence-corrected chi connectivity index (χ3v) is 10.8. The maximum atomic E-state index is 3.56. The van der Waals surface area contributed by atoms with Gasteiger partial charge < -0.3 is 9.88 Å². The third kappa shape index (κ3) is 6.44. The highest BCUT2D eigenvalue weighted by atomic mass is 15.0. The molecule has 0 atom stereocenters. The second-order valence-corrected chi connectivity index (χ2v) is 14.3. The van der Waals surface area contributed by atoms with Crippen LogP contribution in [-0.4, -0.2) is 4.57 Å². The van der Waals surface area contributed by atoms with Crippen LogP contribution in [0.1, 0.15) is 0 Å². The Bertz CT molecular complexity index is 2910. The first kappa shape index (κ1) is 33.2. The summed E-state index contributed by atoms with van der Waals surface area (Å²) in [5.74, 6) is 0. The molecule has 0 spiro atoms. The van der Waals surface area contributed by atoms with Gasteiger partial charge in [0, 0.05) is 27.8 Å². The minimum Gasteiger partial charge on any atom is -0.356 e. The van der Waals surface area contributed by atoms with E-state index in [2.05, 4.69) is 234 Å². The smallest absolute Gasteiger partial charge is 0.0541 e. The van der Waals surface area contributed by atoms with Crippen molar-refractivity contribution in [3.63, 3.8) is 0 Å². The van der Waals surface area contributed by atoms with Crippen molar-refractivity contribution >= 4 is 33.2 Å². The van der Waals surface area contributed by atoms with E-state index >= 15 is 0 Å². The second-order valence-electron chi connectivity index (χ2n) is 14.3. The van der Waals surface area contributed by atoms with Gasteiger partial charge in [0.25, 0.3) is 0 Å². The van der Waals surface area contributed by atoms with Gasteiger partial charge in [-0.3, -0.25) is 0 Å². The molecule has 0 radical (unpaired) electrons. The summed E-state index contributed by atoms with van der Waals surface area (Å²) >= 11 is 0. The third-order valence-electron chi connectivity index (χ3n) is 10.8. The molecule has 1 heterocycles. The largest absolute Gasteiger partial charge is 0.356 e. The second kappa shape index (κ2) is 14.4. The highest BCUT2D eigenvalue weighted by Crippen LogP contribution is 2.36. The quantitative estimate of drug-likeness (QED) is 0.166. The van der Waals surface area contributed by atoms with Crippen LogP contribution in [0.2, 0.25) is 0 Å². The molecule has 1 N–H and O–H groups in total. The Morgan fingerprint density at radius 1 is 0.250 bits per heavy atom. The minimum absolute atomic E-state index is 1.06. The van der Waals surface area contributed by atoms with Crippen LogP contribution in [0.25, 0.3) is 83.1 Å². The molecule has 0 bridgehead atoms. The van der Waals surface area contributed by atoms with Gasteiger partial charge in [-0.25, -0.2) is 0 Å². The van der Waals surface area contributed by atoms with Gasteiger partial charge in [0.2, 0.25) is 0 Å². The number of fused-ring (bicyclic) bond motifs is 3. The Morgan fingerprint density at radius 2 is 0.589 bits per heavy atom. The molecule has 0 saturated carbocycles. The number of rotatable bonds is 8. The van der Waals surface area contributed by atoms with Gasteiger partial charge in [0.15, 0.2) is 0 Å². The van der Waals surface area contributed by atoms with Crippen LogP contribution in [0.4, 0.5) is 11.4 Å². The van der Waals surface area contributed by atoms with Crippen LogP contribution in [0.15, 0.2) is 224 Å². The van der Waals surface area contributed by atoms with Gasteiger partial charge in [0.05, 0.1) is 11.0 Å². The van der Waals surface area contributed by atoms with Crippen LogP contribution in [0.5, 0.6) is 0 Å². The number of hydrogen-bond donors (Lipinski definition) is 1. The molecule has 0 unspecified atom stereocenters. The lowest BCUT2D eigenvalue weighted by Crippen LogP contribution is -1.92. The molecule has 0 fully saturated rings. The van der Waals surface area contributed by atoms with Gasteiger partial charge in [0.1, 0.15) is 0 Å². The SMILES string of the molecule is c1ccc(-c2ccc(-c3ccc(Nc4ccc(-c5ccc(-c6ccc(-c7ccc8c(c7)c7ccccc7n8-c7ccccc7)cc6)cc5)cc4)cc3)cc2)cc1. The number of nitrogens with zero attached hydrogens (tertiary/aromatic N) is 1. The van der Waals surface area contributed by atoms with Gasteiger partial charge in [-0.15, -0.1) is 0 Å². The van der Waals surface area contributed by atoms with Gasteiger partial charge in [-0.2, -0.15) is 0 Å². The van der Waals surface area contributed by atoms with Gasteiger partial charge in [-0.05, 0) is 110 Å². The van der Waals surface area contributed by atoms with Crippen LogP contribution in [-0.2, 0) is 0 Å². The Morgan fingerprint density at radius 3 is 1.07 bits per heavy atom. The summed E-state index contributed by atoms with van der Waals surface area (Å²) in [6.07, 6.45) is 0. The van der Waals surface area contributed by atoms with Crippen LogP contribution < -0.4 is 5.32 Å². The number of anilines is 2. The number of para-hydroxylation sites is 2. The fourth-order valence-electron chi connectivity index (χ4n) is 7.86. The van der Waals surface area contributed by atoms with E-state index in [9.17, 15) is 0 Å². The number of hydrogen-bond acceptors (Lipinski definition) is 1. The molecule has 1 aromatic heterocycles. The van der Waals surface area contributed by atoms with Crippen molar-refractivity contribution in [3.05, 3.63) is 224 Å². The molecule has 56 heavy (non-hydrogen) atoms. The van der Waals surface area contributed by atoms with Crippen molar-refractivity contribution in [1.82, 2.24) is 4.57 Å². The number of nitrogens with one attached hydrogen (secondary N) is 1. The summed E-state index contributed by atoms with van der Waals surface area (Å²) in [6.45, 7) is 0. The highest BCUT2D eigenvalue weighted by Gasteiger charge is 2.13. The van der Waals surface area contributed by atoms with E-state index < -0.39 is 0 Å². The standard InChI is InChI=1S/C54H38N2/c1-3-9-38(10-4-1)39-15-17-42(18-16-39)44-27-32-48(33-28-44)55-49-34-29-45(30-35-49)43-21-19-40(20-22-43)41-23-25-46(26-24-41)47-31-36-54-52(37-47)51-13-7-8-14-53(51)56(54)50-11-5-2-6-12-50/h1-37,55H. The maximum Gasteiger partial charge on any atom is 0.0541 e. The predicted octanol–water partition coefficient (Wildman–Crippen LogP) is 14.9. The monoisotopic (exact) mass is 714 g/mol. The van der Waals surface area contributed by atoms with Crippen molar-refractivity contribution in [2.45, 2.75) is 0 Å². The molecule has 0 aliphatic rings. The molecule has 2 heteroatoms. The van der Waals surface area contributed by atoms with Crippen LogP contribution >= 0.6 is 0 Å². The van der Waals surface area contributed by atoms with Gasteiger partial charge >= 0.3 is 0 Å². The van der Waals surface area contributed by atoms with E-state index in [1.165, 1.54) is 83.1 Å². The van der Waals surface area contributed by atoms with E-state index in [0.29, 0.717) is 0 Å². The van der Waals surface area contributed by atoms with Crippen molar-refractivity contribution in [3.8, 4) is 61.3 Å². The lowest BCUT2D eigenvalue weighted by Gasteiger charge is -2.10. The average molecular weight is 715 g/mol. The Balaban J connectivity index is 0.811. The fourth-order valence-corrected chi connectivity index (χ4v) is 7.86. The van der Waals surface area contributed by atoms with E-state index in [4.69, 9.17) is 0 Å². The number of aromatic nitrogens is 1. The van der Waals surface area contributed by atoms with E-state index in [-0.39, 0.29) is 0 Å². The zero-order valence-electron chi connectivity index (χ0n) is 30.8. The molecule has 2 nitrogen and oxygen atoms in total. The highest BCUT2D eigenvalue weighted by molar-refractivity contribution is 6.10. The normalized spacial score (nSPS) is 11.2. The first-order valence-electron chi connectivity index (χ1n) is 19.2. The molecule has 0 saturated heterocycles. The molecule has 10 aromatic rings. The van der Waals surface area contributed by atoms with Gasteiger partial charge in [-0.1, -0.05) is 170 Å². The molecular weight excluding hydrogens is 677 g/mol. The Labute approximate surface area is 327 Å². The van der Waals surface area contributed by atoms with E-state index in [1.807, 2.05) is 0 Å². The maximum absolute atomic E-state index is 3.56. The molecule has 264 valence electrons. The van der Waals surface area contributed by atoms with Crippen molar-refractivity contribution in [1.29, 1.82) is 0 Å². The molecule has 10 rings (SSSR count). The van der Waals surface area contributed by atoms with E-state index in [0.717, 1.165) is 11.4 Å². The summed E-state index contributed by atoms with van der Waals surface area (Å²) in [5, 5.41) is 6.09. The van der Waals surface area contributed by atoms with Crippen molar-refractivity contribution in [2.24, 2.45) is 0 Å². The summed E-state index contributed by atoms with van der Waals surface area (Å²) in [7, 11) is 0. The van der Waals surface area contributed by atoms with Crippen LogP contribution in [0, 0.1) is 0 Å². The summed E-state index contributed by atoms with van der Waals surface area (Å²) < 4.78 is 2.36. The molecule has 0 aliphatic carbocycles. The zero-order chi connectivity index (χ0) is 37.3. The van der Waals surface area contributed by atoms with Crippen molar-refractivity contribution in [2.75, 3.05) is 5.32 Å². The lowest BCUT2D eigenvalue weighted by atomic mass is 9.97. The summed E-state index contributed by atoms with van der Waals surface area (Å²) in [4.78, 5) is 0. The first-order chi connectivity index (χ1) is 27.7. The summed E-state index contributed by atoms with van der Waals surface area (Å²) in [6, 6.07) is 80.5. The summed E-state index contributed by atoms with van der Waals surface area (Å²) in [5.41, 5.74) is 17.8. The molecule has 0 aliphatic heterocycles. The molecule has 0 amide bonds. The molecule has 9 aromatic carbocycles. The lowest BCUT2D eigenvalue weighted by molar-refractivity contribution is 1.18. The topological polar surface area (TPSA) is 17.0 Å². The zero-order valence-corrected chi connectivity index (χ0v) is 30.8. The Hall–Kier alpha value is -7.42.